The van der Waals surface area contributed by atoms with Crippen molar-refractivity contribution in [2.24, 2.45) is 0 Å². The molecule has 0 saturated heterocycles. The van der Waals surface area contributed by atoms with Gasteiger partial charge in [-0.05, 0) is 43.2 Å². The summed E-state index contributed by atoms with van der Waals surface area (Å²) in [7, 11) is 0. The van der Waals surface area contributed by atoms with Gasteiger partial charge >= 0.3 is 0 Å². The third-order valence-electron chi connectivity index (χ3n) is 3.27. The monoisotopic (exact) mass is 265 g/mol. The second-order valence-corrected chi connectivity index (χ2v) is 6.06. The maximum atomic E-state index is 12.0. The molecule has 0 spiro atoms. The first-order chi connectivity index (χ1) is 8.63. The van der Waals surface area contributed by atoms with E-state index in [1.807, 2.05) is 18.2 Å². The predicted molar refractivity (Wildman–Crippen MR) is 74.0 cm³/mol. The average molecular weight is 265 g/mol. The van der Waals surface area contributed by atoms with Crippen LogP contribution in [0.25, 0.3) is 0 Å². The molecule has 0 atom stereocenters. The Labute approximate surface area is 112 Å². The lowest BCUT2D eigenvalue weighted by molar-refractivity contribution is -0.0300. The van der Waals surface area contributed by atoms with Gasteiger partial charge in [0, 0.05) is 17.0 Å². The van der Waals surface area contributed by atoms with Crippen LogP contribution in [0.1, 0.15) is 36.5 Å². The van der Waals surface area contributed by atoms with Gasteiger partial charge < -0.3 is 10.4 Å². The Morgan fingerprint density at radius 1 is 1.50 bits per heavy atom. The molecule has 18 heavy (non-hydrogen) atoms. The maximum absolute atomic E-state index is 12.0. The van der Waals surface area contributed by atoms with Crippen LogP contribution in [-0.4, -0.2) is 28.9 Å². The molecule has 1 aromatic carbocycles. The molecule has 0 aromatic heterocycles. The van der Waals surface area contributed by atoms with Crippen LogP contribution in [-0.2, 0) is 0 Å². The third-order valence-corrected chi connectivity index (χ3v) is 4.15. The molecule has 1 aliphatic carbocycles. The SMILES string of the molecule is CCSc1cccc(C(=O)NCC2(O)CCC2)c1. The average Bonchev–Trinajstić information content (AvgIpc) is 2.34. The smallest absolute Gasteiger partial charge is 0.251 e. The van der Waals surface area contributed by atoms with Crippen molar-refractivity contribution in [3.8, 4) is 0 Å². The van der Waals surface area contributed by atoms with Crippen molar-refractivity contribution in [2.75, 3.05) is 12.3 Å². The van der Waals surface area contributed by atoms with Gasteiger partial charge in [0.1, 0.15) is 0 Å². The normalized spacial score (nSPS) is 17.0. The second-order valence-electron chi connectivity index (χ2n) is 4.72. The molecule has 2 N–H and O–H groups in total. The van der Waals surface area contributed by atoms with Crippen molar-refractivity contribution in [3.63, 3.8) is 0 Å². The highest BCUT2D eigenvalue weighted by Crippen LogP contribution is 2.30. The van der Waals surface area contributed by atoms with Crippen LogP contribution in [0, 0.1) is 0 Å². The molecule has 3 nitrogen and oxygen atoms in total. The molecule has 2 rings (SSSR count). The number of thioether (sulfide) groups is 1. The van der Waals surface area contributed by atoms with E-state index in [1.165, 1.54) is 0 Å². The van der Waals surface area contributed by atoms with Crippen LogP contribution in [0.3, 0.4) is 0 Å². The predicted octanol–water partition coefficient (Wildman–Crippen LogP) is 2.44. The maximum Gasteiger partial charge on any atom is 0.251 e. The molecule has 4 heteroatoms. The fourth-order valence-electron chi connectivity index (χ4n) is 2.00. The standard InChI is InChI=1S/C14H19NO2S/c1-2-18-12-6-3-5-11(9-12)13(16)15-10-14(17)7-4-8-14/h3,5-6,9,17H,2,4,7-8,10H2,1H3,(H,15,16). The lowest BCUT2D eigenvalue weighted by Crippen LogP contribution is -2.47. The molecule has 1 saturated carbocycles. The van der Waals surface area contributed by atoms with Crippen molar-refractivity contribution in [1.29, 1.82) is 0 Å². The highest BCUT2D eigenvalue weighted by Gasteiger charge is 2.34. The lowest BCUT2D eigenvalue weighted by atomic mass is 9.80. The topological polar surface area (TPSA) is 49.3 Å². The quantitative estimate of drug-likeness (QED) is 0.804. The minimum Gasteiger partial charge on any atom is -0.388 e. The van der Waals surface area contributed by atoms with E-state index < -0.39 is 5.60 Å². The molecule has 1 aromatic rings. The van der Waals surface area contributed by atoms with Gasteiger partial charge in [0.05, 0.1) is 5.60 Å². The molecule has 1 aliphatic rings. The summed E-state index contributed by atoms with van der Waals surface area (Å²) < 4.78 is 0. The van der Waals surface area contributed by atoms with Gasteiger partial charge in [-0.25, -0.2) is 0 Å². The van der Waals surface area contributed by atoms with Crippen molar-refractivity contribution in [2.45, 2.75) is 36.7 Å². The molecule has 0 bridgehead atoms. The van der Waals surface area contributed by atoms with Gasteiger partial charge in [0.25, 0.3) is 5.91 Å². The van der Waals surface area contributed by atoms with Gasteiger partial charge in [-0.3, -0.25) is 4.79 Å². The fourth-order valence-corrected chi connectivity index (χ4v) is 2.72. The van der Waals surface area contributed by atoms with Gasteiger partial charge in [0.2, 0.25) is 0 Å². The zero-order chi connectivity index (χ0) is 13.0. The Hall–Kier alpha value is -1.00. The summed E-state index contributed by atoms with van der Waals surface area (Å²) in [5.74, 6) is 0.888. The van der Waals surface area contributed by atoms with Crippen LogP contribution >= 0.6 is 11.8 Å². The zero-order valence-corrected chi connectivity index (χ0v) is 11.4. The van der Waals surface area contributed by atoms with E-state index in [0.29, 0.717) is 12.1 Å². The summed E-state index contributed by atoms with van der Waals surface area (Å²) in [6, 6.07) is 7.60. The van der Waals surface area contributed by atoms with Gasteiger partial charge in [-0.1, -0.05) is 13.0 Å². The number of benzene rings is 1. The number of aliphatic hydroxyl groups is 1. The molecule has 98 valence electrons. The summed E-state index contributed by atoms with van der Waals surface area (Å²) in [5, 5.41) is 12.7. The van der Waals surface area contributed by atoms with Crippen molar-refractivity contribution in [1.82, 2.24) is 5.32 Å². The van der Waals surface area contributed by atoms with Gasteiger partial charge in [-0.15, -0.1) is 11.8 Å². The number of carbonyl (C=O) groups excluding carboxylic acids is 1. The van der Waals surface area contributed by atoms with Crippen LogP contribution in [0.15, 0.2) is 29.2 Å². The Bertz CT molecular complexity index is 430. The fraction of sp³-hybridized carbons (Fsp3) is 0.500. The molecule has 1 amide bonds. The Morgan fingerprint density at radius 2 is 2.28 bits per heavy atom. The first-order valence-corrected chi connectivity index (χ1v) is 7.35. The number of nitrogens with one attached hydrogen (secondary N) is 1. The van der Waals surface area contributed by atoms with E-state index in [9.17, 15) is 9.90 Å². The minimum absolute atomic E-state index is 0.103. The summed E-state index contributed by atoms with van der Waals surface area (Å²) in [6.07, 6.45) is 2.63. The minimum atomic E-state index is -0.661. The van der Waals surface area contributed by atoms with E-state index in [1.54, 1.807) is 17.8 Å². The van der Waals surface area contributed by atoms with E-state index in [2.05, 4.69) is 12.2 Å². The summed E-state index contributed by atoms with van der Waals surface area (Å²) in [5.41, 5.74) is 0.00204. The lowest BCUT2D eigenvalue weighted by Gasteiger charge is -2.36. The molecule has 0 radical (unpaired) electrons. The van der Waals surface area contributed by atoms with Crippen molar-refractivity contribution >= 4 is 17.7 Å². The van der Waals surface area contributed by atoms with Crippen LogP contribution < -0.4 is 5.32 Å². The van der Waals surface area contributed by atoms with Crippen molar-refractivity contribution < 1.29 is 9.90 Å². The Kier molecular flexibility index (Phi) is 4.30. The molecule has 1 fully saturated rings. The van der Waals surface area contributed by atoms with E-state index in [-0.39, 0.29) is 5.91 Å². The molecule has 0 aliphatic heterocycles. The van der Waals surface area contributed by atoms with E-state index in [4.69, 9.17) is 0 Å². The van der Waals surface area contributed by atoms with Gasteiger partial charge in [-0.2, -0.15) is 0 Å². The molecular formula is C14H19NO2S. The summed E-state index contributed by atoms with van der Waals surface area (Å²) in [6.45, 7) is 2.44. The Balaban J connectivity index is 1.93. The number of rotatable bonds is 5. The first kappa shape index (κ1) is 13.4. The number of hydrogen-bond donors (Lipinski definition) is 2. The number of amides is 1. The highest BCUT2D eigenvalue weighted by molar-refractivity contribution is 7.99. The first-order valence-electron chi connectivity index (χ1n) is 6.36. The number of hydrogen-bond acceptors (Lipinski definition) is 3. The Morgan fingerprint density at radius 3 is 2.89 bits per heavy atom. The van der Waals surface area contributed by atoms with Crippen LogP contribution in [0.2, 0.25) is 0 Å². The molecule has 0 heterocycles. The van der Waals surface area contributed by atoms with Crippen LogP contribution in [0.5, 0.6) is 0 Å². The molecule has 0 unspecified atom stereocenters. The second kappa shape index (κ2) is 5.76. The number of carbonyl (C=O) groups is 1. The largest absolute Gasteiger partial charge is 0.388 e. The zero-order valence-electron chi connectivity index (χ0n) is 10.6. The highest BCUT2D eigenvalue weighted by atomic mass is 32.2. The van der Waals surface area contributed by atoms with E-state index in [0.717, 1.165) is 29.9 Å². The third kappa shape index (κ3) is 3.27. The summed E-state index contributed by atoms with van der Waals surface area (Å²) >= 11 is 1.72. The molecular weight excluding hydrogens is 246 g/mol. The van der Waals surface area contributed by atoms with Gasteiger partial charge in [0.15, 0.2) is 0 Å². The van der Waals surface area contributed by atoms with E-state index >= 15 is 0 Å². The summed E-state index contributed by atoms with van der Waals surface area (Å²) in [4.78, 5) is 13.1. The van der Waals surface area contributed by atoms with Crippen molar-refractivity contribution in [3.05, 3.63) is 29.8 Å². The van der Waals surface area contributed by atoms with Crippen LogP contribution in [0.4, 0.5) is 0 Å².